The Morgan fingerprint density at radius 2 is 1.93 bits per heavy atom. The summed E-state index contributed by atoms with van der Waals surface area (Å²) in [5.74, 6) is 1.04. The van der Waals surface area contributed by atoms with Gasteiger partial charge in [-0.25, -0.2) is 9.59 Å². The van der Waals surface area contributed by atoms with E-state index in [9.17, 15) is 19.2 Å². The molecule has 0 radical (unpaired) electrons. The fourth-order valence-electron chi connectivity index (χ4n) is 7.75. The quantitative estimate of drug-likeness (QED) is 0.547. The minimum Gasteiger partial charge on any atom is -0.493 e. The highest BCUT2D eigenvalue weighted by molar-refractivity contribution is 5.90. The van der Waals surface area contributed by atoms with Gasteiger partial charge in [-0.1, -0.05) is 6.07 Å². The number of Topliss-reactive ketones (excluding diaryl/α,β-unsaturated/α-hetero) is 1. The molecule has 1 aromatic rings. The first kappa shape index (κ1) is 30.1. The third-order valence-electron chi connectivity index (χ3n) is 9.52. The molecule has 2 aliphatic carbocycles. The second-order valence-corrected chi connectivity index (χ2v) is 13.2. The van der Waals surface area contributed by atoms with Gasteiger partial charge in [0, 0.05) is 30.0 Å². The topological polar surface area (TPSA) is 135 Å². The smallest absolute Gasteiger partial charge is 0.408 e. The van der Waals surface area contributed by atoms with Crippen molar-refractivity contribution in [1.82, 2.24) is 15.1 Å². The van der Waals surface area contributed by atoms with E-state index in [1.54, 1.807) is 27.9 Å². The van der Waals surface area contributed by atoms with Gasteiger partial charge >= 0.3 is 12.1 Å². The van der Waals surface area contributed by atoms with Crippen molar-refractivity contribution < 1.29 is 38.5 Å². The molecule has 6 atom stereocenters. The van der Waals surface area contributed by atoms with Crippen molar-refractivity contribution in [3.8, 4) is 11.5 Å². The number of piperidine rings is 1. The van der Waals surface area contributed by atoms with Gasteiger partial charge in [-0.05, 0) is 90.9 Å². The predicted octanol–water partition coefficient (Wildman–Crippen LogP) is 2.91. The van der Waals surface area contributed by atoms with Crippen LogP contribution in [0.2, 0.25) is 0 Å². The SMILES string of the molecule is COc1ccc2c3c1O[C@H]1C(=O)CC[C@H]4[C@@H](C2)N(C)CC[C@]314.C[C@H](NC(=O)OC(C)(C)C)C(=O)N1CCC[C@H]1C(=O)O. The van der Waals surface area contributed by atoms with Gasteiger partial charge in [0.25, 0.3) is 0 Å². The number of nitrogens with zero attached hydrogens (tertiary/aromatic N) is 2. The van der Waals surface area contributed by atoms with Crippen LogP contribution < -0.4 is 14.8 Å². The fourth-order valence-corrected chi connectivity index (χ4v) is 7.75. The molecular weight excluding hydrogens is 542 g/mol. The molecule has 2 amide bonds. The Kier molecular flexibility index (Phi) is 7.93. The van der Waals surface area contributed by atoms with Crippen LogP contribution in [-0.2, 0) is 31.0 Å². The Morgan fingerprint density at radius 1 is 1.19 bits per heavy atom. The number of hydrogen-bond acceptors (Lipinski definition) is 8. The molecule has 1 aromatic carbocycles. The van der Waals surface area contributed by atoms with E-state index in [4.69, 9.17) is 19.3 Å². The van der Waals surface area contributed by atoms with Gasteiger partial charge in [0.05, 0.1) is 7.11 Å². The van der Waals surface area contributed by atoms with Crippen molar-refractivity contribution in [2.45, 2.75) is 101 Å². The van der Waals surface area contributed by atoms with Crippen molar-refractivity contribution in [2.24, 2.45) is 5.92 Å². The summed E-state index contributed by atoms with van der Waals surface area (Å²) in [5, 5.41) is 11.5. The fraction of sp³-hybridized carbons (Fsp3) is 0.677. The Balaban J connectivity index is 0.000000169. The Bertz CT molecular complexity index is 1280. The summed E-state index contributed by atoms with van der Waals surface area (Å²) < 4.78 is 16.8. The summed E-state index contributed by atoms with van der Waals surface area (Å²) in [4.78, 5) is 51.2. The highest BCUT2D eigenvalue weighted by atomic mass is 16.6. The highest BCUT2D eigenvalue weighted by Crippen LogP contribution is 2.63. The molecule has 2 saturated heterocycles. The molecule has 42 heavy (non-hydrogen) atoms. The molecule has 1 spiro atoms. The molecule has 6 rings (SSSR count). The molecule has 0 unspecified atom stereocenters. The van der Waals surface area contributed by atoms with Crippen molar-refractivity contribution in [2.75, 3.05) is 27.2 Å². The van der Waals surface area contributed by atoms with Gasteiger partial charge < -0.3 is 34.4 Å². The van der Waals surface area contributed by atoms with Crippen molar-refractivity contribution in [3.05, 3.63) is 23.3 Å². The van der Waals surface area contributed by atoms with Crippen LogP contribution in [0.1, 0.15) is 70.9 Å². The summed E-state index contributed by atoms with van der Waals surface area (Å²) in [5.41, 5.74) is 1.92. The zero-order valence-corrected chi connectivity index (χ0v) is 25.4. The number of benzene rings is 1. The number of rotatable bonds is 4. The number of aliphatic carboxylic acids is 1. The standard InChI is InChI=1S/C18H21NO3.C13H22N2O5/c1-19-8-7-18-11-4-5-13(20)17(18)22-16-14(21-2)6-3-10(15(16)18)9-12(11)19;1-8(14-12(19)20-13(2,3)4)10(16)15-7-5-6-9(15)11(17)18/h3,6,11-12,17H,4-5,7-9H2,1-2H3;8-9H,5-7H2,1-4H3,(H,14,19)(H,17,18)/t11-,12+,17-,18-;8-,9-/m00/s1. The maximum absolute atomic E-state index is 12.6. The number of hydrogen-bond donors (Lipinski definition) is 2. The number of nitrogens with one attached hydrogen (secondary N) is 1. The van der Waals surface area contributed by atoms with Crippen LogP contribution in [0.5, 0.6) is 11.5 Å². The summed E-state index contributed by atoms with van der Waals surface area (Å²) in [7, 11) is 3.91. The molecule has 230 valence electrons. The molecule has 3 heterocycles. The van der Waals surface area contributed by atoms with Gasteiger partial charge in [-0.2, -0.15) is 0 Å². The first-order valence-corrected chi connectivity index (χ1v) is 14.9. The summed E-state index contributed by atoms with van der Waals surface area (Å²) in [6, 6.07) is 3.12. The molecule has 3 fully saturated rings. The first-order valence-electron chi connectivity index (χ1n) is 14.9. The van der Waals surface area contributed by atoms with E-state index in [-0.39, 0.29) is 17.3 Å². The number of carboxylic acid groups (broad SMARTS) is 1. The predicted molar refractivity (Wildman–Crippen MR) is 153 cm³/mol. The van der Waals surface area contributed by atoms with E-state index in [0.717, 1.165) is 37.3 Å². The van der Waals surface area contributed by atoms with E-state index < -0.39 is 35.7 Å². The second-order valence-electron chi connectivity index (χ2n) is 13.2. The number of amides is 2. The van der Waals surface area contributed by atoms with E-state index in [2.05, 4.69) is 23.3 Å². The van der Waals surface area contributed by atoms with Gasteiger partial charge in [0.2, 0.25) is 5.91 Å². The third-order valence-corrected chi connectivity index (χ3v) is 9.52. The van der Waals surface area contributed by atoms with Crippen LogP contribution in [0.4, 0.5) is 4.79 Å². The van der Waals surface area contributed by atoms with Crippen LogP contribution in [0.15, 0.2) is 12.1 Å². The lowest BCUT2D eigenvalue weighted by Gasteiger charge is -2.57. The number of carbonyl (C=O) groups excluding carboxylic acids is 3. The first-order chi connectivity index (χ1) is 19.8. The number of ketones is 1. The van der Waals surface area contributed by atoms with Gasteiger partial charge in [0.15, 0.2) is 23.4 Å². The van der Waals surface area contributed by atoms with E-state index in [1.165, 1.54) is 23.0 Å². The average Bonchev–Trinajstić information content (AvgIpc) is 3.54. The number of carboxylic acids is 1. The number of likely N-dealkylation sites (N-methyl/N-ethyl adjacent to an activating group) is 1. The summed E-state index contributed by atoms with van der Waals surface area (Å²) in [6.07, 6.45) is 3.88. The zero-order chi connectivity index (χ0) is 30.6. The van der Waals surface area contributed by atoms with Crippen LogP contribution in [0.25, 0.3) is 0 Å². The second kappa shape index (κ2) is 11.1. The van der Waals surface area contributed by atoms with Gasteiger partial charge in [-0.3, -0.25) is 9.59 Å². The average molecular weight is 586 g/mol. The summed E-state index contributed by atoms with van der Waals surface area (Å²) in [6.45, 7) is 8.13. The molecule has 11 heteroatoms. The number of alkyl carbamates (subject to hydrolysis) is 1. The summed E-state index contributed by atoms with van der Waals surface area (Å²) >= 11 is 0. The molecule has 2 N–H and O–H groups in total. The molecule has 0 aromatic heterocycles. The van der Waals surface area contributed by atoms with Crippen LogP contribution >= 0.6 is 0 Å². The molecule has 11 nitrogen and oxygen atoms in total. The minimum atomic E-state index is -1.01. The largest absolute Gasteiger partial charge is 0.493 e. The van der Waals surface area contributed by atoms with E-state index in [1.807, 2.05) is 6.07 Å². The number of likely N-dealkylation sites (tertiary alicyclic amines) is 2. The van der Waals surface area contributed by atoms with Crippen LogP contribution in [-0.4, -0.2) is 95.7 Å². The number of methoxy groups -OCH3 is 1. The lowest BCUT2D eigenvalue weighted by molar-refractivity contribution is -0.148. The van der Waals surface area contributed by atoms with Crippen molar-refractivity contribution in [1.29, 1.82) is 0 Å². The zero-order valence-electron chi connectivity index (χ0n) is 25.4. The number of ether oxygens (including phenoxy) is 3. The Labute approximate surface area is 246 Å². The van der Waals surface area contributed by atoms with Crippen molar-refractivity contribution >= 4 is 23.8 Å². The normalized spacial score (nSPS) is 29.9. The lowest BCUT2D eigenvalue weighted by atomic mass is 9.52. The molecule has 1 saturated carbocycles. The van der Waals surface area contributed by atoms with E-state index in [0.29, 0.717) is 37.8 Å². The highest BCUT2D eigenvalue weighted by Gasteiger charge is 2.65. The molecule has 5 aliphatic rings. The Hall–Kier alpha value is -3.34. The monoisotopic (exact) mass is 585 g/mol. The molecular formula is C31H43N3O8. The maximum Gasteiger partial charge on any atom is 0.408 e. The van der Waals surface area contributed by atoms with Crippen molar-refractivity contribution in [3.63, 3.8) is 0 Å². The van der Waals surface area contributed by atoms with Gasteiger partial charge in [0.1, 0.15) is 17.7 Å². The number of carbonyl (C=O) groups is 4. The maximum atomic E-state index is 12.6. The third kappa shape index (κ3) is 5.09. The lowest BCUT2D eigenvalue weighted by Crippen LogP contribution is -2.65. The van der Waals surface area contributed by atoms with Crippen LogP contribution in [0, 0.1) is 5.92 Å². The van der Waals surface area contributed by atoms with Crippen LogP contribution in [0.3, 0.4) is 0 Å². The molecule has 2 bridgehead atoms. The van der Waals surface area contributed by atoms with E-state index >= 15 is 0 Å². The Morgan fingerprint density at radius 3 is 2.60 bits per heavy atom. The van der Waals surface area contributed by atoms with Gasteiger partial charge in [-0.15, -0.1) is 0 Å². The molecule has 3 aliphatic heterocycles. The minimum absolute atomic E-state index is 0.0933.